The highest BCUT2D eigenvalue weighted by molar-refractivity contribution is 5.79. The molecule has 0 amide bonds. The van der Waals surface area contributed by atoms with Crippen molar-refractivity contribution in [2.75, 3.05) is 13.1 Å². The lowest BCUT2D eigenvalue weighted by Crippen LogP contribution is -2.23. The van der Waals surface area contributed by atoms with Crippen LogP contribution >= 0.6 is 0 Å². The van der Waals surface area contributed by atoms with Crippen molar-refractivity contribution in [2.45, 2.75) is 0 Å². The Hall–Kier alpha value is -0.730. The van der Waals surface area contributed by atoms with Crippen LogP contribution in [0.3, 0.4) is 0 Å². The highest BCUT2D eigenvalue weighted by Crippen LogP contribution is 1.65. The van der Waals surface area contributed by atoms with Gasteiger partial charge >= 0.3 is 0 Å². The molecule has 0 aliphatic carbocycles. The number of nitrogens with one attached hydrogen (secondary N) is 2. The van der Waals surface area contributed by atoms with Gasteiger partial charge in [0.2, 0.25) is 5.96 Å². The topological polar surface area (TPSA) is 46.4 Å². The highest BCUT2D eigenvalue weighted by Gasteiger charge is 1.99. The molecule has 0 unspecified atom stereocenters. The maximum absolute atomic E-state index is 8.42. The molecule has 1 fully saturated rings. The van der Waals surface area contributed by atoms with Gasteiger partial charge in [0.15, 0.2) is 0 Å². The second kappa shape index (κ2) is 1.16. The number of nitrogens with zero attached hydrogens (tertiary/aromatic N) is 1. The van der Waals surface area contributed by atoms with Gasteiger partial charge in [-0.15, -0.1) is 5.41 Å². The minimum atomic E-state index is 0.204. The predicted molar refractivity (Wildman–Crippen MR) is 23.1 cm³/mol. The fraction of sp³-hybridized carbons (Fsp3) is 0.667. The second-order valence-electron chi connectivity index (χ2n) is 1.20. The van der Waals surface area contributed by atoms with Crippen LogP contribution in [0.1, 0.15) is 0 Å². The van der Waals surface area contributed by atoms with Crippen LogP contribution < -0.4 is 16.0 Å². The van der Waals surface area contributed by atoms with Crippen molar-refractivity contribution in [3.8, 4) is 0 Å². The summed E-state index contributed by atoms with van der Waals surface area (Å²) in [6.07, 6.45) is 0. The van der Waals surface area contributed by atoms with E-state index in [-0.39, 0.29) is 5.96 Å². The Labute approximate surface area is 36.2 Å². The van der Waals surface area contributed by atoms with E-state index in [2.05, 4.69) is 10.6 Å². The number of hydrogen-bond donors (Lipinski definition) is 2. The lowest BCUT2D eigenvalue weighted by molar-refractivity contribution is 0.942. The molecule has 3 heteroatoms. The lowest BCUT2D eigenvalue weighted by atomic mass is 10.7. The average Bonchev–Trinajstić information content (AvgIpc) is 1.86. The molecule has 1 aliphatic heterocycles. The van der Waals surface area contributed by atoms with Gasteiger partial charge < -0.3 is 10.6 Å². The molecule has 1 aliphatic rings. The molecule has 0 spiro atoms. The van der Waals surface area contributed by atoms with Crippen LogP contribution in [-0.4, -0.2) is 19.0 Å². The summed E-state index contributed by atoms with van der Waals surface area (Å²) >= 11 is 0. The fourth-order valence-electron chi connectivity index (χ4n) is 0.424. The Morgan fingerprint density at radius 1 is 1.33 bits per heavy atom. The molecule has 6 heavy (non-hydrogen) atoms. The maximum atomic E-state index is 8.42. The minimum absolute atomic E-state index is 0.204. The van der Waals surface area contributed by atoms with Crippen molar-refractivity contribution in [2.24, 2.45) is 0 Å². The van der Waals surface area contributed by atoms with Gasteiger partial charge in [-0.05, 0) is 0 Å². The van der Waals surface area contributed by atoms with Crippen LogP contribution in [0.4, 0.5) is 0 Å². The van der Waals surface area contributed by atoms with Gasteiger partial charge in [0.1, 0.15) is 0 Å². The standard InChI is InChI=1S/C3H6N3/c4-3-5-1-2-6-3/h5-6H,1-2H2. The van der Waals surface area contributed by atoms with E-state index < -0.39 is 0 Å². The average molecular weight is 84.1 g/mol. The van der Waals surface area contributed by atoms with E-state index in [0.29, 0.717) is 0 Å². The first kappa shape index (κ1) is 3.46. The zero-order chi connectivity index (χ0) is 4.41. The SMILES string of the molecule is [N]=C1NCCN1. The van der Waals surface area contributed by atoms with Crippen LogP contribution in [0.15, 0.2) is 0 Å². The lowest BCUT2D eigenvalue weighted by Gasteiger charge is -1.84. The molecule has 33 valence electrons. The molecule has 1 radical (unpaired) electrons. The molecule has 0 atom stereocenters. The summed E-state index contributed by atoms with van der Waals surface area (Å²) in [5, 5.41) is 13.8. The Morgan fingerprint density at radius 2 is 1.83 bits per heavy atom. The molecular formula is C3H6N3. The Kier molecular flexibility index (Phi) is 0.670. The summed E-state index contributed by atoms with van der Waals surface area (Å²) in [6.45, 7) is 1.68. The molecule has 0 aromatic rings. The fourth-order valence-corrected chi connectivity index (χ4v) is 0.424. The largest absolute Gasteiger partial charge is 0.353 e. The number of rotatable bonds is 0. The summed E-state index contributed by atoms with van der Waals surface area (Å²) in [5.41, 5.74) is 0. The first-order valence-corrected chi connectivity index (χ1v) is 1.93. The van der Waals surface area contributed by atoms with E-state index in [0.717, 1.165) is 13.1 Å². The summed E-state index contributed by atoms with van der Waals surface area (Å²) in [6, 6.07) is 0. The zero-order valence-electron chi connectivity index (χ0n) is 3.36. The van der Waals surface area contributed by atoms with E-state index in [1.54, 1.807) is 0 Å². The van der Waals surface area contributed by atoms with Crippen LogP contribution in [0.2, 0.25) is 0 Å². The number of hydrogen-bond acceptors (Lipinski definition) is 0. The molecule has 0 aromatic carbocycles. The van der Waals surface area contributed by atoms with Gasteiger partial charge in [-0.2, -0.15) is 0 Å². The van der Waals surface area contributed by atoms with Crippen molar-refractivity contribution in [1.29, 1.82) is 0 Å². The molecule has 0 saturated carbocycles. The van der Waals surface area contributed by atoms with E-state index >= 15 is 0 Å². The Bertz CT molecular complexity index is 60.4. The van der Waals surface area contributed by atoms with Gasteiger partial charge in [0.25, 0.3) is 0 Å². The number of guanidine groups is 1. The first-order valence-electron chi connectivity index (χ1n) is 1.93. The quantitative estimate of drug-likeness (QED) is 0.369. The first-order chi connectivity index (χ1) is 2.89. The summed E-state index contributed by atoms with van der Waals surface area (Å²) < 4.78 is 0. The van der Waals surface area contributed by atoms with Crippen molar-refractivity contribution in [3.63, 3.8) is 0 Å². The van der Waals surface area contributed by atoms with Gasteiger partial charge in [-0.1, -0.05) is 0 Å². The van der Waals surface area contributed by atoms with Crippen LogP contribution in [-0.2, 0) is 0 Å². The van der Waals surface area contributed by atoms with Crippen LogP contribution in [0.5, 0.6) is 0 Å². The predicted octanol–water partition coefficient (Wildman–Crippen LogP) is -1.66. The van der Waals surface area contributed by atoms with Gasteiger partial charge in [-0.3, -0.25) is 0 Å². The monoisotopic (exact) mass is 84.1 g/mol. The second-order valence-corrected chi connectivity index (χ2v) is 1.20. The van der Waals surface area contributed by atoms with E-state index in [1.165, 1.54) is 0 Å². The molecule has 1 heterocycles. The smallest absolute Gasteiger partial charge is 0.216 e. The van der Waals surface area contributed by atoms with Crippen molar-refractivity contribution in [1.82, 2.24) is 16.0 Å². The Morgan fingerprint density at radius 3 is 2.00 bits per heavy atom. The van der Waals surface area contributed by atoms with Crippen LogP contribution in [0.25, 0.3) is 0 Å². The van der Waals surface area contributed by atoms with Gasteiger partial charge in [0.05, 0.1) is 0 Å². The summed E-state index contributed by atoms with van der Waals surface area (Å²) in [5.74, 6) is 0.204. The van der Waals surface area contributed by atoms with Gasteiger partial charge in [0, 0.05) is 13.1 Å². The molecule has 1 saturated heterocycles. The normalized spacial score (nSPS) is 19.7. The zero-order valence-corrected chi connectivity index (χ0v) is 3.36. The van der Waals surface area contributed by atoms with Crippen molar-refractivity contribution in [3.05, 3.63) is 0 Å². The summed E-state index contributed by atoms with van der Waals surface area (Å²) in [4.78, 5) is 0. The van der Waals surface area contributed by atoms with Crippen LogP contribution in [0, 0.1) is 0 Å². The third-order valence-electron chi connectivity index (χ3n) is 0.710. The summed E-state index contributed by atoms with van der Waals surface area (Å²) in [7, 11) is 0. The van der Waals surface area contributed by atoms with Gasteiger partial charge in [-0.25, -0.2) is 0 Å². The van der Waals surface area contributed by atoms with E-state index in [1.807, 2.05) is 0 Å². The molecule has 2 N–H and O–H groups in total. The molecule has 0 aromatic heterocycles. The van der Waals surface area contributed by atoms with Crippen molar-refractivity contribution >= 4 is 5.96 Å². The Balaban J connectivity index is 2.37. The third-order valence-corrected chi connectivity index (χ3v) is 0.710. The molecule has 0 bridgehead atoms. The maximum Gasteiger partial charge on any atom is 0.216 e. The highest BCUT2D eigenvalue weighted by atomic mass is 15.2. The third kappa shape index (κ3) is 0.429. The van der Waals surface area contributed by atoms with E-state index in [9.17, 15) is 0 Å². The molecule has 1 rings (SSSR count). The molecular weight excluding hydrogens is 78.1 g/mol. The van der Waals surface area contributed by atoms with Crippen molar-refractivity contribution < 1.29 is 0 Å². The minimum Gasteiger partial charge on any atom is -0.353 e. The van der Waals surface area contributed by atoms with E-state index in [4.69, 9.17) is 5.41 Å². The molecule has 3 nitrogen and oxygen atoms in total.